The van der Waals surface area contributed by atoms with Crippen LogP contribution < -0.4 is 0 Å². The van der Waals surface area contributed by atoms with Gasteiger partial charge in [-0.15, -0.1) is 0 Å². The largest absolute Gasteiger partial charge is 0.219 e. The van der Waals surface area contributed by atoms with Crippen molar-refractivity contribution in [3.05, 3.63) is 0 Å². The zero-order valence-electron chi connectivity index (χ0n) is 2.05. The minimum Gasteiger partial charge on any atom is -0.219 e. The zero-order chi connectivity index (χ0) is 4.12. The van der Waals surface area contributed by atoms with Crippen LogP contribution >= 0.6 is 0 Å². The first-order chi connectivity index (χ1) is 2.41. The minimum absolute atomic E-state index is 2.22. The van der Waals surface area contributed by atoms with Crippen molar-refractivity contribution in [3.8, 4) is 0 Å². The van der Waals surface area contributed by atoms with Gasteiger partial charge in [0.15, 0.2) is 0 Å². The van der Waals surface area contributed by atoms with E-state index in [1.165, 1.54) is 0 Å². The highest BCUT2D eigenvalue weighted by molar-refractivity contribution is 2.80. The van der Waals surface area contributed by atoms with Gasteiger partial charge in [-0.3, -0.25) is 0 Å². The maximum Gasteiger partial charge on any atom is 0.0103 e. The molecule has 0 saturated carbocycles. The summed E-state index contributed by atoms with van der Waals surface area (Å²) in [5.74, 6) is 0. The van der Waals surface area contributed by atoms with Gasteiger partial charge in [0.1, 0.15) is 0 Å². The molecule has 4 nitrogen and oxygen atoms in total. The SMILES string of the molecule is OOOOF. The Kier molecular flexibility index (Phi) is 3.60. The summed E-state index contributed by atoms with van der Waals surface area (Å²) in [6.45, 7) is 0. The highest BCUT2D eigenvalue weighted by Gasteiger charge is 1.71. The molecular weight excluding hydrogens is 83.0 g/mol. The molecule has 0 rings (SSSR count). The van der Waals surface area contributed by atoms with Crippen LogP contribution in [-0.2, 0) is 15.2 Å². The van der Waals surface area contributed by atoms with E-state index in [0.717, 1.165) is 0 Å². The van der Waals surface area contributed by atoms with Crippen LogP contribution in [0.2, 0.25) is 0 Å². The highest BCUT2D eigenvalue weighted by atomic mass is 19.3. The molecule has 0 saturated heterocycles. The molecule has 0 aromatic carbocycles. The number of rotatable bonds is 2. The normalized spacial score (nSPS) is 8.40. The van der Waals surface area contributed by atoms with E-state index >= 15 is 0 Å². The molecule has 1 N–H and O–H groups in total. The average Bonchev–Trinajstić information content (AvgIpc) is 1.41. The van der Waals surface area contributed by atoms with Gasteiger partial charge in [-0.25, -0.2) is 5.26 Å². The van der Waals surface area contributed by atoms with Crippen molar-refractivity contribution in [1.82, 2.24) is 0 Å². The maximum atomic E-state index is 9.99. The molecule has 0 heterocycles. The van der Waals surface area contributed by atoms with Gasteiger partial charge in [-0.2, -0.15) is 0 Å². The Balaban J connectivity index is 2.19. The minimum atomic E-state index is 2.22. The van der Waals surface area contributed by atoms with E-state index in [9.17, 15) is 4.53 Å². The standard InChI is InChI=1S/FHO4/c1-3-5-4-2/h2H. The lowest BCUT2D eigenvalue weighted by Crippen LogP contribution is -1.79. The smallest absolute Gasteiger partial charge is 0.0103 e. The summed E-state index contributed by atoms with van der Waals surface area (Å²) in [7, 11) is 0. The Morgan fingerprint density at radius 1 is 1.60 bits per heavy atom. The van der Waals surface area contributed by atoms with Crippen LogP contribution in [0.15, 0.2) is 0 Å². The Labute approximate surface area is 26.4 Å². The van der Waals surface area contributed by atoms with Crippen LogP contribution in [-0.4, -0.2) is 5.26 Å². The van der Waals surface area contributed by atoms with Gasteiger partial charge in [0, 0.05) is 5.09 Å². The topological polar surface area (TPSA) is 47.9 Å². The Morgan fingerprint density at radius 3 is 2.20 bits per heavy atom. The fourth-order valence-corrected chi connectivity index (χ4v) is 0.0115. The zero-order valence-corrected chi connectivity index (χ0v) is 2.05. The van der Waals surface area contributed by atoms with Crippen molar-refractivity contribution in [2.24, 2.45) is 0 Å². The average molecular weight is 84.0 g/mol. The summed E-state index contributed by atoms with van der Waals surface area (Å²) >= 11 is 0. The molecule has 32 valence electrons. The van der Waals surface area contributed by atoms with Crippen LogP contribution in [0.5, 0.6) is 0 Å². The lowest BCUT2D eigenvalue weighted by atomic mass is 14.3. The Morgan fingerprint density at radius 2 is 2.20 bits per heavy atom. The van der Waals surface area contributed by atoms with Gasteiger partial charge < -0.3 is 0 Å². The third-order valence-corrected chi connectivity index (χ3v) is 0.0561. The van der Waals surface area contributed by atoms with Gasteiger partial charge in [-0.05, 0) is 14.6 Å². The first-order valence-corrected chi connectivity index (χ1v) is 0.670. The quantitative estimate of drug-likeness (QED) is 0.384. The van der Waals surface area contributed by atoms with Gasteiger partial charge in [0.05, 0.1) is 0 Å². The van der Waals surface area contributed by atoms with Gasteiger partial charge >= 0.3 is 0 Å². The number of hydrogen-bond donors (Lipinski definition) is 1. The lowest BCUT2D eigenvalue weighted by Gasteiger charge is -1.76. The van der Waals surface area contributed by atoms with Crippen molar-refractivity contribution in [2.45, 2.75) is 0 Å². The second-order valence-corrected chi connectivity index (χ2v) is 0.206. The fraction of sp³-hybridized carbons (Fsp3) is 0. The van der Waals surface area contributed by atoms with Crippen LogP contribution in [0.25, 0.3) is 0 Å². The molecule has 0 bridgehead atoms. The van der Waals surface area contributed by atoms with Crippen molar-refractivity contribution in [3.63, 3.8) is 0 Å². The molecule has 0 aromatic rings. The Bertz CT molecular complexity index is 11.1. The molecule has 0 radical (unpaired) electrons. The third kappa shape index (κ3) is 3.77. The van der Waals surface area contributed by atoms with Crippen molar-refractivity contribution in [2.75, 3.05) is 0 Å². The maximum absolute atomic E-state index is 9.99. The first kappa shape index (κ1) is 4.77. The van der Waals surface area contributed by atoms with E-state index in [2.05, 4.69) is 15.2 Å². The van der Waals surface area contributed by atoms with Crippen molar-refractivity contribution < 1.29 is 25.0 Å². The van der Waals surface area contributed by atoms with E-state index in [0.29, 0.717) is 0 Å². The summed E-state index contributed by atoms with van der Waals surface area (Å²) < 4.78 is 9.99. The molecule has 0 fully saturated rings. The summed E-state index contributed by atoms with van der Waals surface area (Å²) in [6, 6.07) is 0. The van der Waals surface area contributed by atoms with Gasteiger partial charge in [-0.1, -0.05) is 0 Å². The first-order valence-electron chi connectivity index (χ1n) is 0.670. The van der Waals surface area contributed by atoms with Gasteiger partial charge in [0.25, 0.3) is 0 Å². The van der Waals surface area contributed by atoms with E-state index in [4.69, 9.17) is 5.26 Å². The van der Waals surface area contributed by atoms with E-state index in [-0.39, 0.29) is 0 Å². The van der Waals surface area contributed by atoms with E-state index in [1.807, 2.05) is 0 Å². The molecule has 0 aliphatic heterocycles. The Hall–Kier alpha value is -0.230. The molecule has 5 heteroatoms. The van der Waals surface area contributed by atoms with Crippen LogP contribution in [0.1, 0.15) is 0 Å². The van der Waals surface area contributed by atoms with Crippen molar-refractivity contribution >= 4 is 0 Å². The third-order valence-electron chi connectivity index (χ3n) is 0.0561. The summed E-state index contributed by atoms with van der Waals surface area (Å²) in [5.41, 5.74) is 0. The molecule has 0 aliphatic carbocycles. The summed E-state index contributed by atoms with van der Waals surface area (Å²) in [4.78, 5) is 0. The predicted molar refractivity (Wildman–Crippen MR) is 6.99 cm³/mol. The van der Waals surface area contributed by atoms with Gasteiger partial charge in [0.2, 0.25) is 0 Å². The van der Waals surface area contributed by atoms with Crippen LogP contribution in [0.4, 0.5) is 4.53 Å². The number of halogens is 1. The predicted octanol–water partition coefficient (Wildman–Crippen LogP) is 0.224. The van der Waals surface area contributed by atoms with Crippen LogP contribution in [0, 0.1) is 0 Å². The molecule has 0 amide bonds. The fourth-order valence-electron chi connectivity index (χ4n) is 0.0115. The summed E-state index contributed by atoms with van der Waals surface area (Å²) in [5, 5.41) is 14.5. The van der Waals surface area contributed by atoms with Crippen molar-refractivity contribution in [1.29, 1.82) is 0 Å². The molecule has 0 atom stereocenters. The number of hydrogen-bond acceptors (Lipinski definition) is 4. The second-order valence-electron chi connectivity index (χ2n) is 0.206. The van der Waals surface area contributed by atoms with E-state index in [1.54, 1.807) is 0 Å². The molecule has 0 unspecified atom stereocenters. The second kappa shape index (κ2) is 3.77. The molecule has 0 spiro atoms. The van der Waals surface area contributed by atoms with E-state index < -0.39 is 0 Å². The molecular formula is HFO4. The molecule has 0 aromatic heterocycles. The van der Waals surface area contributed by atoms with Crippen LogP contribution in [0.3, 0.4) is 0 Å². The molecule has 5 heavy (non-hydrogen) atoms. The lowest BCUT2D eigenvalue weighted by molar-refractivity contribution is -0.671. The highest BCUT2D eigenvalue weighted by Crippen LogP contribution is 1.71. The summed E-state index contributed by atoms with van der Waals surface area (Å²) in [6.07, 6.45) is 0. The monoisotopic (exact) mass is 84.0 g/mol. The molecule has 0 aliphatic rings.